The van der Waals surface area contributed by atoms with Crippen molar-refractivity contribution in [3.8, 4) is 11.1 Å². The quantitative estimate of drug-likeness (QED) is 0.844. The molecule has 0 heterocycles. The fourth-order valence-electron chi connectivity index (χ4n) is 2.57. The molecule has 0 atom stereocenters. The van der Waals surface area contributed by atoms with Crippen molar-refractivity contribution in [2.45, 2.75) is 24.5 Å². The summed E-state index contributed by atoms with van der Waals surface area (Å²) in [5.74, 6) is 0. The van der Waals surface area contributed by atoms with Gasteiger partial charge < -0.3 is 10.8 Å². The fraction of sp³-hybridized carbons (Fsp3) is 0.250. The lowest BCUT2D eigenvalue weighted by molar-refractivity contribution is 0.0209. The van der Waals surface area contributed by atoms with E-state index in [0.717, 1.165) is 16.7 Å². The zero-order valence-electron chi connectivity index (χ0n) is 10.1. The maximum absolute atomic E-state index is 9.39. The standard InChI is InChI=1S/C16H16NO/c17-16(10-15(18)11-16)14-8-6-13(7-9-14)12-4-2-1-3-5-12/h1-4,6-9,15,18H,10-11,17H2. The summed E-state index contributed by atoms with van der Waals surface area (Å²) >= 11 is 0. The van der Waals surface area contributed by atoms with Gasteiger partial charge in [-0.1, -0.05) is 48.5 Å². The van der Waals surface area contributed by atoms with Crippen LogP contribution in [-0.4, -0.2) is 11.2 Å². The van der Waals surface area contributed by atoms with Gasteiger partial charge >= 0.3 is 0 Å². The first kappa shape index (κ1) is 11.5. The first-order chi connectivity index (χ1) is 8.67. The van der Waals surface area contributed by atoms with E-state index in [-0.39, 0.29) is 11.6 Å². The summed E-state index contributed by atoms with van der Waals surface area (Å²) in [7, 11) is 0. The summed E-state index contributed by atoms with van der Waals surface area (Å²) < 4.78 is 0. The highest BCUT2D eigenvalue weighted by Gasteiger charge is 2.41. The average molecular weight is 238 g/mol. The second kappa shape index (κ2) is 4.23. The van der Waals surface area contributed by atoms with E-state index < -0.39 is 0 Å². The Kier molecular flexibility index (Phi) is 2.69. The first-order valence-electron chi connectivity index (χ1n) is 6.22. The maximum atomic E-state index is 9.39. The van der Waals surface area contributed by atoms with Gasteiger partial charge in [0.2, 0.25) is 0 Å². The van der Waals surface area contributed by atoms with Gasteiger partial charge in [0.1, 0.15) is 0 Å². The van der Waals surface area contributed by atoms with Gasteiger partial charge in [-0.2, -0.15) is 0 Å². The monoisotopic (exact) mass is 238 g/mol. The highest BCUT2D eigenvalue weighted by Crippen LogP contribution is 2.39. The molecule has 1 fully saturated rings. The Morgan fingerprint density at radius 1 is 1.11 bits per heavy atom. The minimum absolute atomic E-state index is 0.239. The Morgan fingerprint density at radius 3 is 2.39 bits per heavy atom. The molecule has 0 amide bonds. The molecule has 3 N–H and O–H groups in total. The Balaban J connectivity index is 1.86. The minimum atomic E-state index is -0.335. The van der Waals surface area contributed by atoms with E-state index in [0.29, 0.717) is 12.8 Å². The Morgan fingerprint density at radius 2 is 1.83 bits per heavy atom. The van der Waals surface area contributed by atoms with Crippen LogP contribution in [-0.2, 0) is 5.54 Å². The van der Waals surface area contributed by atoms with Crippen LogP contribution in [0.4, 0.5) is 0 Å². The van der Waals surface area contributed by atoms with Crippen molar-refractivity contribution in [1.82, 2.24) is 0 Å². The maximum Gasteiger partial charge on any atom is 0.0582 e. The third kappa shape index (κ3) is 1.94. The molecule has 2 aromatic rings. The summed E-state index contributed by atoms with van der Waals surface area (Å²) in [4.78, 5) is 0. The molecule has 0 spiro atoms. The average Bonchev–Trinajstić information content (AvgIpc) is 2.38. The van der Waals surface area contributed by atoms with Crippen molar-refractivity contribution in [2.24, 2.45) is 5.73 Å². The van der Waals surface area contributed by atoms with Gasteiger partial charge in [-0.05, 0) is 35.6 Å². The lowest BCUT2D eigenvalue weighted by Gasteiger charge is -2.42. The fourth-order valence-corrected chi connectivity index (χ4v) is 2.57. The van der Waals surface area contributed by atoms with Crippen molar-refractivity contribution in [3.05, 3.63) is 60.2 Å². The second-order valence-corrected chi connectivity index (χ2v) is 5.07. The topological polar surface area (TPSA) is 46.2 Å². The zero-order chi connectivity index (χ0) is 12.6. The van der Waals surface area contributed by atoms with Crippen LogP contribution in [0.15, 0.2) is 48.5 Å². The number of nitrogens with two attached hydrogens (primary N) is 1. The van der Waals surface area contributed by atoms with Gasteiger partial charge in [-0.25, -0.2) is 0 Å². The molecule has 1 radical (unpaired) electrons. The predicted octanol–water partition coefficient (Wildman–Crippen LogP) is 2.46. The molecule has 91 valence electrons. The van der Waals surface area contributed by atoms with Crippen LogP contribution in [0.3, 0.4) is 0 Å². The van der Waals surface area contributed by atoms with Crippen molar-refractivity contribution in [3.63, 3.8) is 0 Å². The molecular weight excluding hydrogens is 222 g/mol. The molecule has 2 heteroatoms. The van der Waals surface area contributed by atoms with Gasteiger partial charge in [-0.15, -0.1) is 0 Å². The Labute approximate surface area is 107 Å². The van der Waals surface area contributed by atoms with Crippen LogP contribution in [0.2, 0.25) is 0 Å². The molecule has 18 heavy (non-hydrogen) atoms. The number of aliphatic hydroxyl groups is 1. The van der Waals surface area contributed by atoms with Gasteiger partial charge in [0, 0.05) is 5.54 Å². The van der Waals surface area contributed by atoms with Crippen LogP contribution in [0, 0.1) is 6.07 Å². The van der Waals surface area contributed by atoms with Crippen LogP contribution >= 0.6 is 0 Å². The largest absolute Gasteiger partial charge is 0.393 e. The Hall–Kier alpha value is -1.64. The second-order valence-electron chi connectivity index (χ2n) is 5.07. The predicted molar refractivity (Wildman–Crippen MR) is 71.8 cm³/mol. The lowest BCUT2D eigenvalue weighted by atomic mass is 9.70. The van der Waals surface area contributed by atoms with Crippen LogP contribution in [0.1, 0.15) is 18.4 Å². The minimum Gasteiger partial charge on any atom is -0.393 e. The van der Waals surface area contributed by atoms with Crippen molar-refractivity contribution < 1.29 is 5.11 Å². The summed E-state index contributed by atoms with van der Waals surface area (Å²) in [6, 6.07) is 19.4. The number of hydrogen-bond acceptors (Lipinski definition) is 2. The van der Waals surface area contributed by atoms with E-state index in [1.165, 1.54) is 0 Å². The molecule has 2 nitrogen and oxygen atoms in total. The molecule has 0 aliphatic heterocycles. The summed E-state index contributed by atoms with van der Waals surface area (Å²) in [6.07, 6.45) is 1.07. The molecule has 1 saturated carbocycles. The third-order valence-corrected chi connectivity index (χ3v) is 3.68. The molecule has 3 rings (SSSR count). The number of benzene rings is 2. The zero-order valence-corrected chi connectivity index (χ0v) is 10.1. The van der Waals surface area contributed by atoms with Gasteiger partial charge in [0.25, 0.3) is 0 Å². The summed E-state index contributed by atoms with van der Waals surface area (Å²) in [6.45, 7) is 0. The van der Waals surface area contributed by atoms with Crippen molar-refractivity contribution >= 4 is 0 Å². The lowest BCUT2D eigenvalue weighted by Crippen LogP contribution is -2.51. The molecule has 0 aromatic heterocycles. The van der Waals surface area contributed by atoms with Crippen LogP contribution < -0.4 is 5.73 Å². The van der Waals surface area contributed by atoms with E-state index in [9.17, 15) is 5.11 Å². The highest BCUT2D eigenvalue weighted by atomic mass is 16.3. The van der Waals surface area contributed by atoms with E-state index >= 15 is 0 Å². The normalized spacial score (nSPS) is 26.7. The number of rotatable bonds is 2. The molecular formula is C16H16NO. The molecule has 0 unspecified atom stereocenters. The Bertz CT molecular complexity index is 527. The SMILES string of the molecule is NC1(c2ccc(-c3[c]cccc3)cc2)CC(O)C1. The molecule has 0 saturated heterocycles. The molecule has 1 aliphatic rings. The number of aliphatic hydroxyl groups excluding tert-OH is 1. The van der Waals surface area contributed by atoms with Crippen LogP contribution in [0.25, 0.3) is 11.1 Å². The third-order valence-electron chi connectivity index (χ3n) is 3.68. The van der Waals surface area contributed by atoms with E-state index in [1.807, 2.05) is 24.3 Å². The van der Waals surface area contributed by atoms with Gasteiger partial charge in [0.05, 0.1) is 6.10 Å². The van der Waals surface area contributed by atoms with Crippen molar-refractivity contribution in [1.29, 1.82) is 0 Å². The van der Waals surface area contributed by atoms with Crippen LogP contribution in [0.5, 0.6) is 0 Å². The molecule has 2 aromatic carbocycles. The molecule has 1 aliphatic carbocycles. The number of hydrogen-bond donors (Lipinski definition) is 2. The van der Waals surface area contributed by atoms with Crippen molar-refractivity contribution in [2.75, 3.05) is 0 Å². The first-order valence-corrected chi connectivity index (χ1v) is 6.22. The van der Waals surface area contributed by atoms with E-state index in [4.69, 9.17) is 5.73 Å². The summed E-state index contributed by atoms with van der Waals surface area (Å²) in [5.41, 5.74) is 9.23. The summed E-state index contributed by atoms with van der Waals surface area (Å²) in [5, 5.41) is 9.39. The van der Waals surface area contributed by atoms with Gasteiger partial charge in [-0.3, -0.25) is 0 Å². The van der Waals surface area contributed by atoms with E-state index in [1.54, 1.807) is 0 Å². The molecule has 0 bridgehead atoms. The van der Waals surface area contributed by atoms with E-state index in [2.05, 4.69) is 30.3 Å². The smallest absolute Gasteiger partial charge is 0.0582 e. The highest BCUT2D eigenvalue weighted by molar-refractivity contribution is 5.63. The van der Waals surface area contributed by atoms with Gasteiger partial charge in [0.15, 0.2) is 0 Å².